The van der Waals surface area contributed by atoms with Crippen LogP contribution >= 0.6 is 22.6 Å². The number of nitrogens with zero attached hydrogens (tertiary/aromatic N) is 2. The van der Waals surface area contributed by atoms with Crippen LogP contribution < -0.4 is 0 Å². The second kappa shape index (κ2) is 11.8. The molecule has 0 radical (unpaired) electrons. The molecule has 2 atom stereocenters. The molecule has 0 bridgehead atoms. The number of allylic oxidation sites excluding steroid dienone is 3. The molecule has 5 aromatic carbocycles. The van der Waals surface area contributed by atoms with E-state index in [1.165, 1.54) is 69.0 Å². The summed E-state index contributed by atoms with van der Waals surface area (Å²) in [5.41, 5.74) is 14.7. The molecule has 45 heavy (non-hydrogen) atoms. The Kier molecular flexibility index (Phi) is 7.45. The quantitative estimate of drug-likeness (QED) is 0.130. The zero-order chi connectivity index (χ0) is 30.5. The number of para-hydroxylation sites is 1. The molecular formula is C42H37IN2. The van der Waals surface area contributed by atoms with Gasteiger partial charge >= 0.3 is 0 Å². The molecule has 0 fully saturated rings. The molecule has 2 unspecified atom stereocenters. The Balaban J connectivity index is 1.19. The average Bonchev–Trinajstić information content (AvgIpc) is 3.40. The number of halogens is 1. The van der Waals surface area contributed by atoms with Crippen LogP contribution in [0.4, 0.5) is 0 Å². The monoisotopic (exact) mass is 696 g/mol. The van der Waals surface area contributed by atoms with Gasteiger partial charge in [-0.2, -0.15) is 0 Å². The normalized spacial score (nSPS) is 17.9. The van der Waals surface area contributed by atoms with Crippen molar-refractivity contribution in [1.29, 1.82) is 0 Å². The molecule has 0 saturated heterocycles. The molecule has 3 heteroatoms. The smallest absolute Gasteiger partial charge is 0.111 e. The van der Waals surface area contributed by atoms with Crippen molar-refractivity contribution in [2.75, 3.05) is 0 Å². The van der Waals surface area contributed by atoms with Crippen LogP contribution in [0.3, 0.4) is 0 Å². The van der Waals surface area contributed by atoms with Gasteiger partial charge in [0.15, 0.2) is 0 Å². The van der Waals surface area contributed by atoms with Gasteiger partial charge in [-0.1, -0.05) is 121 Å². The van der Waals surface area contributed by atoms with Crippen LogP contribution in [0.1, 0.15) is 59.8 Å². The van der Waals surface area contributed by atoms with Crippen LogP contribution in [0.5, 0.6) is 0 Å². The second-order valence-electron chi connectivity index (χ2n) is 12.8. The minimum Gasteiger partial charge on any atom is -0.297 e. The largest absolute Gasteiger partial charge is 0.297 e. The molecule has 1 aromatic heterocycles. The molecule has 222 valence electrons. The molecule has 6 aromatic rings. The summed E-state index contributed by atoms with van der Waals surface area (Å²) < 4.78 is 2.84. The first-order valence-corrected chi connectivity index (χ1v) is 17.5. The summed E-state index contributed by atoms with van der Waals surface area (Å²) in [6.07, 6.45) is 13.1. The van der Waals surface area contributed by atoms with E-state index in [1.54, 1.807) is 5.57 Å². The number of alkyl halides is 1. The van der Waals surface area contributed by atoms with Crippen LogP contribution in [0.25, 0.3) is 50.3 Å². The molecule has 0 amide bonds. The van der Waals surface area contributed by atoms with E-state index >= 15 is 0 Å². The molecular weight excluding hydrogens is 659 g/mol. The number of hydrogen-bond acceptors (Lipinski definition) is 1. The molecule has 0 spiro atoms. The number of aromatic nitrogens is 2. The molecule has 8 rings (SSSR count). The zero-order valence-electron chi connectivity index (χ0n) is 25.9. The lowest BCUT2D eigenvalue weighted by Gasteiger charge is -2.29. The van der Waals surface area contributed by atoms with Crippen molar-refractivity contribution in [2.45, 2.75) is 49.9 Å². The first-order chi connectivity index (χ1) is 22.0. The highest BCUT2D eigenvalue weighted by atomic mass is 127. The van der Waals surface area contributed by atoms with E-state index < -0.39 is 0 Å². The SMILES string of the molecule is Cc1nc2ccc(Cc3ccc(-c4c5c(c(C6=CCCCC6I)c6ccccc46)CC(C)C=C5)cc3)cc2n1-c1ccccc1. The van der Waals surface area contributed by atoms with E-state index in [9.17, 15) is 0 Å². The van der Waals surface area contributed by atoms with Gasteiger partial charge in [0.25, 0.3) is 0 Å². The summed E-state index contributed by atoms with van der Waals surface area (Å²) in [4.78, 5) is 4.84. The van der Waals surface area contributed by atoms with E-state index in [0.29, 0.717) is 9.84 Å². The summed E-state index contributed by atoms with van der Waals surface area (Å²) in [5, 5.41) is 2.77. The van der Waals surface area contributed by atoms with Gasteiger partial charge in [0, 0.05) is 9.61 Å². The predicted octanol–water partition coefficient (Wildman–Crippen LogP) is 11.3. The van der Waals surface area contributed by atoms with E-state index in [1.807, 2.05) is 0 Å². The van der Waals surface area contributed by atoms with Crippen molar-refractivity contribution in [3.63, 3.8) is 0 Å². The Morgan fingerprint density at radius 2 is 1.58 bits per heavy atom. The minimum absolute atomic E-state index is 0.545. The fraction of sp³-hybridized carbons (Fsp3) is 0.214. The van der Waals surface area contributed by atoms with E-state index in [-0.39, 0.29) is 0 Å². The van der Waals surface area contributed by atoms with Gasteiger partial charge in [-0.15, -0.1) is 0 Å². The molecule has 1 heterocycles. The van der Waals surface area contributed by atoms with Gasteiger partial charge in [0.1, 0.15) is 5.82 Å². The number of aryl methyl sites for hydroxylation is 1. The first kappa shape index (κ1) is 28.5. The fourth-order valence-electron chi connectivity index (χ4n) is 7.58. The summed E-state index contributed by atoms with van der Waals surface area (Å²) in [6.45, 7) is 4.44. The van der Waals surface area contributed by atoms with Gasteiger partial charge in [-0.25, -0.2) is 4.98 Å². The predicted molar refractivity (Wildman–Crippen MR) is 200 cm³/mol. The highest BCUT2D eigenvalue weighted by Gasteiger charge is 2.27. The molecule has 0 N–H and O–H groups in total. The summed E-state index contributed by atoms with van der Waals surface area (Å²) in [7, 11) is 0. The van der Waals surface area contributed by atoms with Crippen LogP contribution in [0.2, 0.25) is 0 Å². The number of rotatable bonds is 5. The Morgan fingerprint density at radius 3 is 2.36 bits per heavy atom. The van der Waals surface area contributed by atoms with Crippen molar-refractivity contribution >= 4 is 56.0 Å². The average molecular weight is 697 g/mol. The lowest BCUT2D eigenvalue weighted by molar-refractivity contribution is 0.714. The maximum atomic E-state index is 4.84. The third-order valence-electron chi connectivity index (χ3n) is 9.68. The Bertz CT molecular complexity index is 2110. The lowest BCUT2D eigenvalue weighted by Crippen LogP contribution is -2.14. The van der Waals surface area contributed by atoms with Crippen LogP contribution in [0, 0.1) is 12.8 Å². The first-order valence-electron chi connectivity index (χ1n) is 16.3. The van der Waals surface area contributed by atoms with Crippen molar-refractivity contribution in [2.24, 2.45) is 5.92 Å². The van der Waals surface area contributed by atoms with Crippen molar-refractivity contribution in [3.8, 4) is 16.8 Å². The van der Waals surface area contributed by atoms with Crippen molar-refractivity contribution < 1.29 is 0 Å². The summed E-state index contributed by atoms with van der Waals surface area (Å²) >= 11 is 2.69. The van der Waals surface area contributed by atoms with E-state index in [0.717, 1.165) is 35.4 Å². The van der Waals surface area contributed by atoms with Crippen molar-refractivity contribution in [3.05, 3.63) is 143 Å². The number of fused-ring (bicyclic) bond motifs is 3. The molecule has 0 saturated carbocycles. The van der Waals surface area contributed by atoms with Crippen LogP contribution in [-0.4, -0.2) is 13.5 Å². The number of imidazole rings is 1. The van der Waals surface area contributed by atoms with Gasteiger partial charge in [0.05, 0.1) is 11.0 Å². The highest BCUT2D eigenvalue weighted by molar-refractivity contribution is 14.1. The van der Waals surface area contributed by atoms with Crippen LogP contribution in [-0.2, 0) is 12.8 Å². The molecule has 2 aliphatic rings. The van der Waals surface area contributed by atoms with Crippen LogP contribution in [0.15, 0.2) is 109 Å². The number of benzene rings is 5. The highest BCUT2D eigenvalue weighted by Crippen LogP contribution is 2.46. The third-order valence-corrected chi connectivity index (χ3v) is 11.0. The molecule has 0 aliphatic heterocycles. The topological polar surface area (TPSA) is 17.8 Å². The molecule has 2 aliphatic carbocycles. The second-order valence-corrected chi connectivity index (χ2v) is 14.3. The summed E-state index contributed by atoms with van der Waals surface area (Å²) in [6, 6.07) is 35.7. The van der Waals surface area contributed by atoms with E-state index in [2.05, 4.69) is 156 Å². The Morgan fingerprint density at radius 1 is 0.844 bits per heavy atom. The standard InChI is InChI=1S/C42H37IN2/c1-27-16-22-35-37(24-27)42(36-14-8-9-15-38(36)43)34-13-7-6-12-33(34)41(35)31-20-17-29(18-21-31)25-30-19-23-39-40(26-30)45(28(2)44-39)32-10-4-3-5-11-32/h3-7,10-14,16-23,26-27,38H,8-9,15,24-25H2,1-2H3. The third kappa shape index (κ3) is 5.15. The fourth-order valence-corrected chi connectivity index (χ4v) is 8.58. The van der Waals surface area contributed by atoms with Gasteiger partial charge in [-0.05, 0) is 125 Å². The van der Waals surface area contributed by atoms with Gasteiger partial charge < -0.3 is 0 Å². The summed E-state index contributed by atoms with van der Waals surface area (Å²) in [5.74, 6) is 1.56. The Labute approximate surface area is 279 Å². The lowest BCUT2D eigenvalue weighted by atomic mass is 9.76. The van der Waals surface area contributed by atoms with Crippen molar-refractivity contribution in [1.82, 2.24) is 9.55 Å². The van der Waals surface area contributed by atoms with Gasteiger partial charge in [0.2, 0.25) is 0 Å². The Hall–Kier alpha value is -3.96. The number of hydrogen-bond donors (Lipinski definition) is 0. The molecule has 2 nitrogen and oxygen atoms in total. The van der Waals surface area contributed by atoms with E-state index in [4.69, 9.17) is 4.98 Å². The maximum Gasteiger partial charge on any atom is 0.111 e. The zero-order valence-corrected chi connectivity index (χ0v) is 28.1. The maximum absolute atomic E-state index is 4.84. The minimum atomic E-state index is 0.545. The van der Waals surface area contributed by atoms with Gasteiger partial charge in [-0.3, -0.25) is 4.57 Å².